The first-order valence-electron chi connectivity index (χ1n) is 8.60. The summed E-state index contributed by atoms with van der Waals surface area (Å²) in [6.45, 7) is 2.14. The van der Waals surface area contributed by atoms with E-state index in [0.29, 0.717) is 28.5 Å². The fraction of sp³-hybridized carbons (Fsp3) is 0.471. The average molecular weight is 472 g/mol. The second kappa shape index (κ2) is 10.4. The van der Waals surface area contributed by atoms with Gasteiger partial charge in [-0.15, -0.1) is 0 Å². The molecule has 0 saturated heterocycles. The average Bonchev–Trinajstić information content (AvgIpc) is 3.03. The molecular weight excluding hydrogens is 454 g/mol. The molecule has 0 saturated carbocycles. The van der Waals surface area contributed by atoms with Crippen LogP contribution in [0.1, 0.15) is 26.2 Å². The second-order valence-electron chi connectivity index (χ2n) is 6.02. The van der Waals surface area contributed by atoms with Gasteiger partial charge < -0.3 is 4.90 Å². The number of halogens is 5. The highest BCUT2D eigenvalue weighted by molar-refractivity contribution is 7.84. The van der Waals surface area contributed by atoms with E-state index in [1.54, 1.807) is 0 Å². The van der Waals surface area contributed by atoms with Gasteiger partial charge in [-0.3, -0.25) is 14.0 Å². The lowest BCUT2D eigenvalue weighted by atomic mass is 10.3. The molecule has 0 radical (unpaired) electrons. The third-order valence-corrected chi connectivity index (χ3v) is 6.49. The summed E-state index contributed by atoms with van der Waals surface area (Å²) in [5, 5.41) is 0.771. The Kier molecular flexibility index (Phi) is 8.53. The molecule has 0 aliphatic rings. The molecule has 0 aliphatic carbocycles. The van der Waals surface area contributed by atoms with Crippen molar-refractivity contribution in [2.24, 2.45) is 0 Å². The summed E-state index contributed by atoms with van der Waals surface area (Å²) in [6.07, 6.45) is -2.67. The number of thiazole rings is 1. The Hall–Kier alpha value is -1.59. The zero-order valence-corrected chi connectivity index (χ0v) is 17.7. The van der Waals surface area contributed by atoms with Crippen molar-refractivity contribution in [3.8, 4) is 10.6 Å². The number of aromatic nitrogens is 2. The molecule has 5 nitrogen and oxygen atoms in total. The molecule has 0 fully saturated rings. The van der Waals surface area contributed by atoms with E-state index in [2.05, 4.69) is 9.97 Å². The summed E-state index contributed by atoms with van der Waals surface area (Å²) >= 11 is 7.25. The molecule has 1 unspecified atom stereocenters. The Labute approximate surface area is 176 Å². The van der Waals surface area contributed by atoms with Gasteiger partial charge in [0.2, 0.25) is 5.91 Å². The Balaban J connectivity index is 2.10. The first kappa shape index (κ1) is 23.7. The Bertz CT molecular complexity index is 877. The number of nitrogens with zero attached hydrogens (tertiary/aromatic N) is 3. The maximum Gasteiger partial charge on any atom is 0.390 e. The SMILES string of the molecule is CCCN(C(=O)CCS(=O)CCC(F)(F)F)c1sc(-c2cncc(F)c2)nc1Cl. The molecule has 29 heavy (non-hydrogen) atoms. The number of pyridine rings is 1. The minimum absolute atomic E-state index is 0.0502. The lowest BCUT2D eigenvalue weighted by Gasteiger charge is -2.20. The summed E-state index contributed by atoms with van der Waals surface area (Å²) in [6, 6.07) is 1.24. The molecule has 2 aromatic rings. The van der Waals surface area contributed by atoms with Crippen LogP contribution in [-0.4, -0.2) is 44.3 Å². The molecule has 0 aliphatic heterocycles. The lowest BCUT2D eigenvalue weighted by molar-refractivity contribution is -0.129. The van der Waals surface area contributed by atoms with Gasteiger partial charge in [0.15, 0.2) is 5.15 Å². The highest BCUT2D eigenvalue weighted by atomic mass is 35.5. The minimum atomic E-state index is -4.38. The summed E-state index contributed by atoms with van der Waals surface area (Å²) in [5.41, 5.74) is 0.403. The van der Waals surface area contributed by atoms with Crippen molar-refractivity contribution in [2.75, 3.05) is 23.0 Å². The quantitative estimate of drug-likeness (QED) is 0.491. The number of hydrogen-bond donors (Lipinski definition) is 0. The van der Waals surface area contributed by atoms with Crippen molar-refractivity contribution >= 4 is 44.6 Å². The molecule has 2 rings (SSSR count). The van der Waals surface area contributed by atoms with Gasteiger partial charge in [0.05, 0.1) is 12.6 Å². The predicted molar refractivity (Wildman–Crippen MR) is 106 cm³/mol. The van der Waals surface area contributed by atoms with Gasteiger partial charge in [0.25, 0.3) is 0 Å². The van der Waals surface area contributed by atoms with Crippen LogP contribution in [0.25, 0.3) is 10.6 Å². The van der Waals surface area contributed by atoms with Crippen LogP contribution in [0.2, 0.25) is 5.15 Å². The molecule has 0 spiro atoms. The third kappa shape index (κ3) is 7.31. The highest BCUT2D eigenvalue weighted by Crippen LogP contribution is 2.38. The Morgan fingerprint density at radius 1 is 1.31 bits per heavy atom. The van der Waals surface area contributed by atoms with E-state index in [1.165, 1.54) is 17.2 Å². The van der Waals surface area contributed by atoms with E-state index >= 15 is 0 Å². The molecule has 2 heterocycles. The Morgan fingerprint density at radius 2 is 2.03 bits per heavy atom. The molecule has 0 aromatic carbocycles. The fourth-order valence-electron chi connectivity index (χ4n) is 2.34. The van der Waals surface area contributed by atoms with Gasteiger partial charge in [0.1, 0.15) is 15.8 Å². The highest BCUT2D eigenvalue weighted by Gasteiger charge is 2.28. The first-order valence-corrected chi connectivity index (χ1v) is 11.3. The molecule has 2 aromatic heterocycles. The number of carbonyl (C=O) groups excluding carboxylic acids is 1. The van der Waals surface area contributed by atoms with Crippen LogP contribution in [0.5, 0.6) is 0 Å². The van der Waals surface area contributed by atoms with Crippen molar-refractivity contribution in [1.82, 2.24) is 9.97 Å². The van der Waals surface area contributed by atoms with Crippen molar-refractivity contribution in [3.05, 3.63) is 29.4 Å². The predicted octanol–water partition coefficient (Wildman–Crippen LogP) is 4.83. The fourth-order valence-corrected chi connectivity index (χ4v) is 4.74. The first-order chi connectivity index (χ1) is 13.6. The maximum absolute atomic E-state index is 13.4. The van der Waals surface area contributed by atoms with E-state index < -0.39 is 40.9 Å². The molecule has 12 heteroatoms. The molecule has 1 atom stereocenters. The lowest BCUT2D eigenvalue weighted by Crippen LogP contribution is -2.32. The normalized spacial score (nSPS) is 12.8. The number of hydrogen-bond acceptors (Lipinski definition) is 5. The smallest absolute Gasteiger partial charge is 0.301 e. The summed E-state index contributed by atoms with van der Waals surface area (Å²) in [7, 11) is -1.76. The third-order valence-electron chi connectivity index (χ3n) is 3.67. The number of anilines is 1. The van der Waals surface area contributed by atoms with Crippen LogP contribution in [0.3, 0.4) is 0 Å². The van der Waals surface area contributed by atoms with Crippen molar-refractivity contribution in [3.63, 3.8) is 0 Å². The van der Waals surface area contributed by atoms with E-state index in [1.807, 2.05) is 6.92 Å². The van der Waals surface area contributed by atoms with Gasteiger partial charge in [0, 0.05) is 47.0 Å². The number of amides is 1. The maximum atomic E-state index is 13.4. The van der Waals surface area contributed by atoms with Crippen LogP contribution in [0, 0.1) is 5.82 Å². The van der Waals surface area contributed by atoms with E-state index in [0.717, 1.165) is 17.5 Å². The van der Waals surface area contributed by atoms with Crippen molar-refractivity contribution in [2.45, 2.75) is 32.4 Å². The van der Waals surface area contributed by atoms with Gasteiger partial charge >= 0.3 is 6.18 Å². The van der Waals surface area contributed by atoms with Crippen molar-refractivity contribution in [1.29, 1.82) is 0 Å². The minimum Gasteiger partial charge on any atom is -0.301 e. The largest absolute Gasteiger partial charge is 0.390 e. The van der Waals surface area contributed by atoms with Crippen LogP contribution in [-0.2, 0) is 15.6 Å². The monoisotopic (exact) mass is 471 g/mol. The van der Waals surface area contributed by atoms with Crippen molar-refractivity contribution < 1.29 is 26.6 Å². The van der Waals surface area contributed by atoms with Gasteiger partial charge in [-0.05, 0) is 12.5 Å². The van der Waals surface area contributed by atoms with Crippen LogP contribution >= 0.6 is 22.9 Å². The number of carbonyl (C=O) groups is 1. The van der Waals surface area contributed by atoms with Gasteiger partial charge in [-0.2, -0.15) is 13.2 Å². The number of rotatable bonds is 9. The standard InChI is InChI=1S/C17H18ClF4N3O2S2/c1-2-5-25(13(26)3-6-29(27)7-4-17(20,21)22)16-14(18)24-15(28-16)11-8-12(19)10-23-9-11/h8-10H,2-7H2,1H3. The second-order valence-corrected chi connectivity index (χ2v) is 9.05. The number of alkyl halides is 3. The zero-order valence-electron chi connectivity index (χ0n) is 15.3. The van der Waals surface area contributed by atoms with Crippen LogP contribution in [0.4, 0.5) is 22.6 Å². The topological polar surface area (TPSA) is 63.2 Å². The molecule has 0 N–H and O–H groups in total. The van der Waals surface area contributed by atoms with Crippen LogP contribution in [0.15, 0.2) is 18.5 Å². The van der Waals surface area contributed by atoms with Gasteiger partial charge in [-0.25, -0.2) is 9.37 Å². The molecule has 160 valence electrons. The summed E-state index contributed by atoms with van der Waals surface area (Å²) < 4.78 is 61.8. The van der Waals surface area contributed by atoms with Gasteiger partial charge in [-0.1, -0.05) is 29.9 Å². The zero-order chi connectivity index (χ0) is 21.6. The molecule has 1 amide bonds. The molecule has 0 bridgehead atoms. The van der Waals surface area contributed by atoms with Crippen LogP contribution < -0.4 is 4.90 Å². The summed E-state index contributed by atoms with van der Waals surface area (Å²) in [4.78, 5) is 21.9. The van der Waals surface area contributed by atoms with E-state index in [9.17, 15) is 26.6 Å². The Morgan fingerprint density at radius 3 is 2.66 bits per heavy atom. The van der Waals surface area contributed by atoms with E-state index in [4.69, 9.17) is 11.6 Å². The van der Waals surface area contributed by atoms with E-state index in [-0.39, 0.29) is 17.3 Å². The molecular formula is C17H18ClF4N3O2S2. The summed E-state index contributed by atoms with van der Waals surface area (Å²) in [5.74, 6) is -1.67.